The van der Waals surface area contributed by atoms with Crippen LogP contribution in [0.3, 0.4) is 0 Å². The number of amides is 1. The molecule has 0 aromatic carbocycles. The van der Waals surface area contributed by atoms with E-state index in [0.29, 0.717) is 51.6 Å². The fourth-order valence-corrected chi connectivity index (χ4v) is 6.60. The third-order valence-corrected chi connectivity index (χ3v) is 8.37. The van der Waals surface area contributed by atoms with E-state index in [1.54, 1.807) is 16.9 Å². The third kappa shape index (κ3) is 5.26. The summed E-state index contributed by atoms with van der Waals surface area (Å²) in [5, 5.41) is 3.54. The van der Waals surface area contributed by atoms with E-state index in [0.717, 1.165) is 6.42 Å². The van der Waals surface area contributed by atoms with Crippen molar-refractivity contribution < 1.29 is 36.2 Å². The van der Waals surface area contributed by atoms with Crippen molar-refractivity contribution in [2.45, 2.75) is 81.4 Å². The van der Waals surface area contributed by atoms with Gasteiger partial charge in [-0.2, -0.15) is 13.2 Å². The molecular weight excluding hydrogens is 501 g/mol. The predicted molar refractivity (Wildman–Crippen MR) is 122 cm³/mol. The smallest absolute Gasteiger partial charge is 0.379 e. The van der Waals surface area contributed by atoms with Gasteiger partial charge in [-0.05, 0) is 32.1 Å². The van der Waals surface area contributed by atoms with Gasteiger partial charge in [0.1, 0.15) is 5.82 Å². The summed E-state index contributed by atoms with van der Waals surface area (Å²) >= 11 is 0. The summed E-state index contributed by atoms with van der Waals surface area (Å²) in [7, 11) is 1.62. The van der Waals surface area contributed by atoms with Crippen LogP contribution in [0, 0.1) is 5.41 Å². The summed E-state index contributed by atoms with van der Waals surface area (Å²) in [4.78, 5) is 24.7. The minimum absolute atomic E-state index is 0.0335. The molecule has 1 aromatic rings. The SMILES string of the molecule is CO[C@@H]1COCC[C@@H]1N[C@@H]1CC[C@](CC(F)F)(C(=O)N2C[C@H]3C[C@H]2CN3c2cncc(C(F)(F)F)n2)C1. The number of ether oxygens (including phenoxy) is 2. The lowest BCUT2D eigenvalue weighted by Gasteiger charge is -2.40. The highest BCUT2D eigenvalue weighted by Gasteiger charge is 2.54. The topological polar surface area (TPSA) is 79.8 Å². The Morgan fingerprint density at radius 3 is 2.76 bits per heavy atom. The number of anilines is 1. The Morgan fingerprint density at radius 2 is 2.08 bits per heavy atom. The summed E-state index contributed by atoms with van der Waals surface area (Å²) in [6.45, 7) is 1.63. The van der Waals surface area contributed by atoms with Gasteiger partial charge in [-0.15, -0.1) is 0 Å². The second kappa shape index (κ2) is 10.2. The Bertz CT molecular complexity index is 984. The summed E-state index contributed by atoms with van der Waals surface area (Å²) in [6.07, 6.45) is -3.27. The number of hydrogen-bond donors (Lipinski definition) is 1. The molecule has 8 nitrogen and oxygen atoms in total. The molecule has 0 spiro atoms. The number of likely N-dealkylation sites (tertiary alicyclic amines) is 1. The number of carbonyl (C=O) groups is 1. The molecule has 1 N–H and O–H groups in total. The van der Waals surface area contributed by atoms with E-state index in [2.05, 4.69) is 15.3 Å². The Balaban J connectivity index is 1.27. The number of aromatic nitrogens is 2. The lowest BCUT2D eigenvalue weighted by Crippen LogP contribution is -2.54. The zero-order valence-electron chi connectivity index (χ0n) is 20.6. The maximum absolute atomic E-state index is 13.8. The second-order valence-corrected chi connectivity index (χ2v) is 10.6. The van der Waals surface area contributed by atoms with Crippen LogP contribution < -0.4 is 10.2 Å². The molecule has 206 valence electrons. The number of alkyl halides is 5. The van der Waals surface area contributed by atoms with E-state index in [1.807, 2.05) is 0 Å². The van der Waals surface area contributed by atoms with Crippen molar-refractivity contribution in [1.82, 2.24) is 20.2 Å². The molecule has 1 amide bonds. The number of carbonyl (C=O) groups excluding carboxylic acids is 1. The van der Waals surface area contributed by atoms with E-state index in [9.17, 15) is 26.7 Å². The Labute approximate surface area is 211 Å². The fourth-order valence-electron chi connectivity index (χ4n) is 6.60. The molecule has 0 unspecified atom stereocenters. The standard InChI is InChI=1S/C24H32F5N5O3/c1-36-18-13-37-5-3-17(18)31-14-2-4-23(7-14,8-20(25)26)22(35)34-12-15-6-16(34)11-33(15)21-10-30-9-19(32-21)24(27,28)29/h9-10,14-18,20,31H,2-8,11-13H2,1H3/t14-,15-,16+,17+,18-,23+/m1/s1. The average Bonchev–Trinajstić information content (AvgIpc) is 3.58. The molecule has 2 bridgehead atoms. The zero-order chi connectivity index (χ0) is 26.4. The number of halogens is 5. The van der Waals surface area contributed by atoms with Crippen LogP contribution in [0.5, 0.6) is 0 Å². The van der Waals surface area contributed by atoms with Crippen molar-refractivity contribution in [2.24, 2.45) is 5.41 Å². The van der Waals surface area contributed by atoms with Gasteiger partial charge >= 0.3 is 6.18 Å². The Kier molecular flexibility index (Phi) is 7.31. The van der Waals surface area contributed by atoms with E-state index in [-0.39, 0.29) is 48.5 Å². The Hall–Kier alpha value is -2.12. The van der Waals surface area contributed by atoms with Gasteiger partial charge in [0.05, 0.1) is 42.6 Å². The van der Waals surface area contributed by atoms with Gasteiger partial charge in [0.25, 0.3) is 0 Å². The Morgan fingerprint density at radius 1 is 1.27 bits per heavy atom. The second-order valence-electron chi connectivity index (χ2n) is 10.6. The molecule has 3 saturated heterocycles. The van der Waals surface area contributed by atoms with Crippen LogP contribution >= 0.6 is 0 Å². The molecule has 6 atom stereocenters. The lowest BCUT2D eigenvalue weighted by molar-refractivity contribution is -0.146. The van der Waals surface area contributed by atoms with Crippen LogP contribution in [0.4, 0.5) is 27.8 Å². The van der Waals surface area contributed by atoms with Crippen LogP contribution in [0.15, 0.2) is 12.4 Å². The highest BCUT2D eigenvalue weighted by molar-refractivity contribution is 5.84. The van der Waals surface area contributed by atoms with E-state index >= 15 is 0 Å². The number of hydrogen-bond acceptors (Lipinski definition) is 7. The van der Waals surface area contributed by atoms with Crippen molar-refractivity contribution in [2.75, 3.05) is 38.3 Å². The van der Waals surface area contributed by atoms with Crippen molar-refractivity contribution in [3.05, 3.63) is 18.1 Å². The molecule has 37 heavy (non-hydrogen) atoms. The van der Waals surface area contributed by atoms with Gasteiger partial charge in [0, 0.05) is 45.3 Å². The summed E-state index contributed by atoms with van der Waals surface area (Å²) in [5.41, 5.74) is -2.23. The largest absolute Gasteiger partial charge is 0.434 e. The van der Waals surface area contributed by atoms with Crippen LogP contribution in [0.2, 0.25) is 0 Å². The molecule has 4 aliphatic rings. The number of rotatable bonds is 7. The molecular formula is C24H32F5N5O3. The van der Waals surface area contributed by atoms with Crippen molar-refractivity contribution >= 4 is 11.7 Å². The molecule has 1 aromatic heterocycles. The minimum atomic E-state index is -4.60. The summed E-state index contributed by atoms with van der Waals surface area (Å²) in [6, 6.07) is -0.537. The number of nitrogens with one attached hydrogen (secondary N) is 1. The summed E-state index contributed by atoms with van der Waals surface area (Å²) < 4.78 is 77.8. The van der Waals surface area contributed by atoms with Gasteiger partial charge in [-0.1, -0.05) is 0 Å². The molecule has 13 heteroatoms. The van der Waals surface area contributed by atoms with Crippen LogP contribution in [0.1, 0.15) is 44.2 Å². The molecule has 4 heterocycles. The predicted octanol–water partition coefficient (Wildman–Crippen LogP) is 2.87. The molecule has 4 fully saturated rings. The highest BCUT2D eigenvalue weighted by Crippen LogP contribution is 2.47. The van der Waals surface area contributed by atoms with Crippen molar-refractivity contribution in [1.29, 1.82) is 0 Å². The maximum atomic E-state index is 13.8. The first-order valence-electron chi connectivity index (χ1n) is 12.7. The van der Waals surface area contributed by atoms with E-state index in [1.165, 1.54) is 6.20 Å². The van der Waals surface area contributed by atoms with Crippen LogP contribution in [-0.2, 0) is 20.4 Å². The molecule has 3 aliphatic heterocycles. The van der Waals surface area contributed by atoms with Gasteiger partial charge in [0.2, 0.25) is 12.3 Å². The zero-order valence-corrected chi connectivity index (χ0v) is 20.6. The van der Waals surface area contributed by atoms with Gasteiger partial charge in [0.15, 0.2) is 5.69 Å². The number of methoxy groups -OCH3 is 1. The minimum Gasteiger partial charge on any atom is -0.379 e. The quantitative estimate of drug-likeness (QED) is 0.540. The number of piperazine rings is 1. The normalized spacial score (nSPS) is 34.1. The maximum Gasteiger partial charge on any atom is 0.434 e. The van der Waals surface area contributed by atoms with Gasteiger partial charge < -0.3 is 24.6 Å². The summed E-state index contributed by atoms with van der Waals surface area (Å²) in [5.74, 6) is -0.152. The molecule has 1 saturated carbocycles. The first kappa shape index (κ1) is 26.5. The molecule has 5 rings (SSSR count). The van der Waals surface area contributed by atoms with E-state index in [4.69, 9.17) is 9.47 Å². The number of fused-ring (bicyclic) bond motifs is 2. The van der Waals surface area contributed by atoms with Crippen molar-refractivity contribution in [3.63, 3.8) is 0 Å². The van der Waals surface area contributed by atoms with Crippen molar-refractivity contribution in [3.8, 4) is 0 Å². The van der Waals surface area contributed by atoms with Gasteiger partial charge in [-0.3, -0.25) is 9.78 Å². The van der Waals surface area contributed by atoms with Crippen LogP contribution in [0.25, 0.3) is 0 Å². The third-order valence-electron chi connectivity index (χ3n) is 8.37. The van der Waals surface area contributed by atoms with Crippen LogP contribution in [-0.4, -0.2) is 90.9 Å². The highest BCUT2D eigenvalue weighted by atomic mass is 19.4. The fraction of sp³-hybridized carbons (Fsp3) is 0.792. The number of nitrogens with zero attached hydrogens (tertiary/aromatic N) is 4. The molecule has 0 radical (unpaired) electrons. The van der Waals surface area contributed by atoms with E-state index < -0.39 is 30.1 Å². The average molecular weight is 534 g/mol. The monoisotopic (exact) mass is 533 g/mol. The van der Waals surface area contributed by atoms with Gasteiger partial charge in [-0.25, -0.2) is 13.8 Å². The lowest BCUT2D eigenvalue weighted by atomic mass is 9.80. The first-order chi connectivity index (χ1) is 17.6. The molecule has 1 aliphatic carbocycles. The first-order valence-corrected chi connectivity index (χ1v) is 12.7.